The standard InChI is InChI=1S/C7H18F2N3OP3/c1-5-14(8)10-15(9,6-2)12-16(7-3,11-14)13-4/h5-7H2,1-4H3. The van der Waals surface area contributed by atoms with Crippen molar-refractivity contribution in [2.45, 2.75) is 20.8 Å². The molecule has 0 spiro atoms. The summed E-state index contributed by atoms with van der Waals surface area (Å²) in [5, 5.41) is 0. The zero-order valence-corrected chi connectivity index (χ0v) is 12.7. The normalized spacial score (nSPS) is 43.1. The van der Waals surface area contributed by atoms with Crippen LogP contribution in [0.5, 0.6) is 0 Å². The molecule has 1 aliphatic heterocycles. The summed E-state index contributed by atoms with van der Waals surface area (Å²) < 4.78 is 45.6. The first kappa shape index (κ1) is 14.6. The van der Waals surface area contributed by atoms with Gasteiger partial charge in [0.2, 0.25) is 22.5 Å². The Morgan fingerprint density at radius 2 is 1.38 bits per heavy atom. The molecule has 0 fully saturated rings. The molecule has 9 heteroatoms. The highest BCUT2D eigenvalue weighted by Gasteiger charge is 2.34. The van der Waals surface area contributed by atoms with E-state index in [-0.39, 0.29) is 12.3 Å². The molecular formula is C7H18F2N3OP3. The van der Waals surface area contributed by atoms with Crippen LogP contribution < -0.4 is 0 Å². The van der Waals surface area contributed by atoms with E-state index in [0.29, 0.717) is 6.16 Å². The van der Waals surface area contributed by atoms with Gasteiger partial charge in [-0.15, -0.1) is 0 Å². The van der Waals surface area contributed by atoms with E-state index in [2.05, 4.69) is 13.5 Å². The molecule has 0 saturated heterocycles. The van der Waals surface area contributed by atoms with E-state index in [1.165, 1.54) is 7.11 Å². The van der Waals surface area contributed by atoms with E-state index < -0.39 is 22.5 Å². The highest BCUT2D eigenvalue weighted by Crippen LogP contribution is 2.79. The zero-order valence-electron chi connectivity index (χ0n) is 9.97. The zero-order chi connectivity index (χ0) is 12.4. The van der Waals surface area contributed by atoms with Crippen molar-refractivity contribution in [3.8, 4) is 0 Å². The van der Waals surface area contributed by atoms with E-state index in [9.17, 15) is 8.39 Å². The second-order valence-corrected chi connectivity index (χ2v) is 11.7. The van der Waals surface area contributed by atoms with Crippen molar-refractivity contribution >= 4 is 22.5 Å². The third-order valence-corrected chi connectivity index (χ3v) is 12.0. The Morgan fingerprint density at radius 3 is 1.75 bits per heavy atom. The van der Waals surface area contributed by atoms with Gasteiger partial charge in [-0.2, -0.15) is 21.9 Å². The van der Waals surface area contributed by atoms with Crippen LogP contribution in [0.4, 0.5) is 8.39 Å². The number of halogens is 2. The van der Waals surface area contributed by atoms with Gasteiger partial charge in [-0.05, 0) is 0 Å². The van der Waals surface area contributed by atoms with Crippen LogP contribution in [0.1, 0.15) is 20.8 Å². The monoisotopic (exact) mass is 291 g/mol. The van der Waals surface area contributed by atoms with Crippen LogP contribution in [0.2, 0.25) is 0 Å². The van der Waals surface area contributed by atoms with Crippen LogP contribution in [-0.4, -0.2) is 25.6 Å². The van der Waals surface area contributed by atoms with Gasteiger partial charge >= 0.3 is 0 Å². The SMILES string of the molecule is CCP1(F)=NP(F)(CC)=NP(CC)(OC)=N1. The van der Waals surface area contributed by atoms with Gasteiger partial charge in [-0.25, -0.2) is 0 Å². The molecule has 0 saturated carbocycles. The number of hydrogen-bond donors (Lipinski definition) is 0. The first-order chi connectivity index (χ1) is 7.36. The molecule has 16 heavy (non-hydrogen) atoms. The molecule has 0 aromatic carbocycles. The highest BCUT2D eigenvalue weighted by atomic mass is 31.3. The summed E-state index contributed by atoms with van der Waals surface area (Å²) in [4.78, 5) is 0. The molecular weight excluding hydrogens is 273 g/mol. The number of hydrogen-bond acceptors (Lipinski definition) is 4. The summed E-state index contributed by atoms with van der Waals surface area (Å²) in [7, 11) is -7.96. The van der Waals surface area contributed by atoms with E-state index in [4.69, 9.17) is 4.52 Å². The lowest BCUT2D eigenvalue weighted by atomic mass is 11.0. The fourth-order valence-electron chi connectivity index (χ4n) is 1.27. The highest BCUT2D eigenvalue weighted by molar-refractivity contribution is 7.82. The molecule has 96 valence electrons. The summed E-state index contributed by atoms with van der Waals surface area (Å²) in [6.07, 6.45) is 0.717. The summed E-state index contributed by atoms with van der Waals surface area (Å²) in [5.41, 5.74) is 0. The maximum absolute atomic E-state index is 14.3. The molecule has 0 aromatic rings. The minimum atomic E-state index is -3.38. The molecule has 1 rings (SSSR count). The Balaban J connectivity index is 3.51. The van der Waals surface area contributed by atoms with Gasteiger partial charge in [0, 0.05) is 25.6 Å². The molecule has 3 atom stereocenters. The van der Waals surface area contributed by atoms with Crippen LogP contribution in [0.15, 0.2) is 13.5 Å². The first-order valence-electron chi connectivity index (χ1n) is 5.20. The minimum absolute atomic E-state index is 0.138. The van der Waals surface area contributed by atoms with E-state index in [1.807, 2.05) is 0 Å². The Labute approximate surface area is 95.8 Å². The van der Waals surface area contributed by atoms with Crippen molar-refractivity contribution in [1.29, 1.82) is 0 Å². The molecule has 1 aliphatic rings. The van der Waals surface area contributed by atoms with E-state index >= 15 is 0 Å². The Hall–Kier alpha value is 0.510. The van der Waals surface area contributed by atoms with Crippen molar-refractivity contribution in [3.63, 3.8) is 0 Å². The van der Waals surface area contributed by atoms with Gasteiger partial charge in [0.15, 0.2) is 0 Å². The average Bonchev–Trinajstić information content (AvgIpc) is 2.28. The van der Waals surface area contributed by atoms with E-state index in [1.54, 1.807) is 20.8 Å². The largest absolute Gasteiger partial charge is 0.330 e. The molecule has 0 N–H and O–H groups in total. The lowest BCUT2D eigenvalue weighted by Gasteiger charge is -2.26. The summed E-state index contributed by atoms with van der Waals surface area (Å²) in [5.74, 6) is 0. The summed E-state index contributed by atoms with van der Waals surface area (Å²) in [6.45, 7) is 5.09. The van der Waals surface area contributed by atoms with Crippen molar-refractivity contribution in [1.82, 2.24) is 0 Å². The quantitative estimate of drug-likeness (QED) is 0.609. The smallest absolute Gasteiger partial charge is 0.248 e. The predicted molar refractivity (Wildman–Crippen MR) is 68.9 cm³/mol. The van der Waals surface area contributed by atoms with Crippen molar-refractivity contribution < 1.29 is 12.9 Å². The molecule has 4 nitrogen and oxygen atoms in total. The number of nitrogens with zero attached hydrogens (tertiary/aromatic N) is 3. The van der Waals surface area contributed by atoms with Crippen LogP contribution >= 0.6 is 22.5 Å². The van der Waals surface area contributed by atoms with Gasteiger partial charge in [-0.3, -0.25) is 0 Å². The lowest BCUT2D eigenvalue weighted by Crippen LogP contribution is -1.92. The number of rotatable bonds is 4. The Kier molecular flexibility index (Phi) is 4.57. The molecule has 0 aliphatic carbocycles. The second kappa shape index (κ2) is 5.02. The van der Waals surface area contributed by atoms with Crippen molar-refractivity contribution in [2.24, 2.45) is 13.5 Å². The Morgan fingerprint density at radius 1 is 0.875 bits per heavy atom. The van der Waals surface area contributed by atoms with Gasteiger partial charge < -0.3 is 4.52 Å². The third kappa shape index (κ3) is 2.85. The van der Waals surface area contributed by atoms with Gasteiger partial charge in [0.05, 0.1) is 0 Å². The molecule has 0 bridgehead atoms. The average molecular weight is 291 g/mol. The van der Waals surface area contributed by atoms with Gasteiger partial charge in [0.25, 0.3) is 0 Å². The maximum atomic E-state index is 14.3. The van der Waals surface area contributed by atoms with E-state index in [0.717, 1.165) is 0 Å². The minimum Gasteiger partial charge on any atom is -0.330 e. The van der Waals surface area contributed by atoms with Crippen LogP contribution in [0, 0.1) is 0 Å². The molecule has 3 unspecified atom stereocenters. The maximum Gasteiger partial charge on any atom is 0.248 e. The lowest BCUT2D eigenvalue weighted by molar-refractivity contribution is 0.454. The fourth-order valence-corrected chi connectivity index (χ4v) is 11.7. The second-order valence-electron chi connectivity index (χ2n) is 3.35. The van der Waals surface area contributed by atoms with Crippen molar-refractivity contribution in [3.05, 3.63) is 0 Å². The Bertz CT molecular complexity index is 417. The van der Waals surface area contributed by atoms with Crippen molar-refractivity contribution in [2.75, 3.05) is 25.6 Å². The molecule has 0 aromatic heterocycles. The van der Waals surface area contributed by atoms with Gasteiger partial charge in [-0.1, -0.05) is 20.8 Å². The predicted octanol–water partition coefficient (Wildman–Crippen LogP) is 5.74. The molecule has 0 amide bonds. The van der Waals surface area contributed by atoms with Gasteiger partial charge in [0.1, 0.15) is 0 Å². The molecule has 0 radical (unpaired) electrons. The first-order valence-corrected chi connectivity index (χ1v) is 10.5. The fraction of sp³-hybridized carbons (Fsp3) is 1.00. The topological polar surface area (TPSA) is 46.3 Å². The van der Waals surface area contributed by atoms with Crippen LogP contribution in [0.25, 0.3) is 0 Å². The van der Waals surface area contributed by atoms with Crippen LogP contribution in [-0.2, 0) is 4.52 Å². The van der Waals surface area contributed by atoms with Crippen LogP contribution in [0.3, 0.4) is 0 Å². The summed E-state index contributed by atoms with van der Waals surface area (Å²) >= 11 is 0. The molecule has 1 heterocycles. The summed E-state index contributed by atoms with van der Waals surface area (Å²) in [6, 6.07) is 0. The third-order valence-electron chi connectivity index (χ3n) is 2.34.